The molecular formula is C14H18N2O4S. The summed E-state index contributed by atoms with van der Waals surface area (Å²) in [6.07, 6.45) is 1.78. The molecule has 7 heteroatoms. The van der Waals surface area contributed by atoms with Crippen LogP contribution in [0.1, 0.15) is 25.1 Å². The summed E-state index contributed by atoms with van der Waals surface area (Å²) in [5.41, 5.74) is -0.0715. The Morgan fingerprint density at radius 2 is 2.33 bits per heavy atom. The molecule has 0 spiro atoms. The van der Waals surface area contributed by atoms with Crippen molar-refractivity contribution >= 4 is 27.5 Å². The van der Waals surface area contributed by atoms with Gasteiger partial charge in [-0.2, -0.15) is 0 Å². The van der Waals surface area contributed by atoms with Crippen molar-refractivity contribution in [3.63, 3.8) is 0 Å². The first-order valence-electron chi connectivity index (χ1n) is 6.85. The van der Waals surface area contributed by atoms with Crippen LogP contribution in [0.2, 0.25) is 0 Å². The van der Waals surface area contributed by atoms with Crippen LogP contribution < -0.4 is 5.56 Å². The maximum Gasteiger partial charge on any atom is 0.334 e. The van der Waals surface area contributed by atoms with E-state index in [0.29, 0.717) is 18.4 Å². The van der Waals surface area contributed by atoms with Crippen LogP contribution in [0.25, 0.3) is 10.2 Å². The molecule has 0 aliphatic rings. The zero-order chi connectivity index (χ0) is 15.4. The van der Waals surface area contributed by atoms with Crippen molar-refractivity contribution in [2.24, 2.45) is 0 Å². The molecular weight excluding hydrogens is 292 g/mol. The molecule has 6 nitrogen and oxygen atoms in total. The van der Waals surface area contributed by atoms with E-state index in [9.17, 15) is 9.59 Å². The summed E-state index contributed by atoms with van der Waals surface area (Å²) in [5.74, 6) is -0.652. The van der Waals surface area contributed by atoms with Gasteiger partial charge >= 0.3 is 5.97 Å². The lowest BCUT2D eigenvalue weighted by Crippen LogP contribution is -2.23. The van der Waals surface area contributed by atoms with Gasteiger partial charge in [0.1, 0.15) is 10.9 Å². The lowest BCUT2D eigenvalue weighted by molar-refractivity contribution is -0.152. The fraction of sp³-hybridized carbons (Fsp3) is 0.500. The zero-order valence-corrected chi connectivity index (χ0v) is 12.9. The Balaban J connectivity index is 2.01. The molecule has 0 saturated heterocycles. The summed E-state index contributed by atoms with van der Waals surface area (Å²) < 4.78 is 6.37. The molecule has 0 bridgehead atoms. The molecule has 2 heterocycles. The Bertz CT molecular complexity index is 690. The molecule has 114 valence electrons. The van der Waals surface area contributed by atoms with Crippen molar-refractivity contribution in [1.82, 2.24) is 9.55 Å². The van der Waals surface area contributed by atoms with Gasteiger partial charge in [-0.15, -0.1) is 11.3 Å². The first kappa shape index (κ1) is 15.7. The summed E-state index contributed by atoms with van der Waals surface area (Å²) in [4.78, 5) is 29.5. The molecule has 0 aliphatic heterocycles. The second-order valence-electron chi connectivity index (χ2n) is 4.73. The van der Waals surface area contributed by atoms with Crippen molar-refractivity contribution < 1.29 is 14.6 Å². The minimum Gasteiger partial charge on any atom is -0.464 e. The molecule has 0 aromatic carbocycles. The van der Waals surface area contributed by atoms with E-state index in [1.807, 2.05) is 13.0 Å². The van der Waals surface area contributed by atoms with E-state index in [0.717, 1.165) is 16.1 Å². The highest BCUT2D eigenvalue weighted by Gasteiger charge is 2.10. The molecule has 1 atom stereocenters. The van der Waals surface area contributed by atoms with Crippen LogP contribution in [0.5, 0.6) is 0 Å². The molecule has 1 unspecified atom stereocenters. The minimum absolute atomic E-state index is 0.0715. The van der Waals surface area contributed by atoms with E-state index >= 15 is 0 Å². The van der Waals surface area contributed by atoms with Crippen molar-refractivity contribution in [3.05, 3.63) is 27.6 Å². The average Bonchev–Trinajstić information content (AvgIpc) is 2.89. The van der Waals surface area contributed by atoms with Crippen molar-refractivity contribution in [2.45, 2.75) is 39.3 Å². The molecule has 1 N–H and O–H groups in total. The zero-order valence-electron chi connectivity index (χ0n) is 12.0. The minimum atomic E-state index is -1.12. The van der Waals surface area contributed by atoms with E-state index in [4.69, 9.17) is 9.84 Å². The van der Waals surface area contributed by atoms with Gasteiger partial charge in [0, 0.05) is 11.4 Å². The van der Waals surface area contributed by atoms with E-state index in [2.05, 4.69) is 4.98 Å². The van der Waals surface area contributed by atoms with Crippen LogP contribution >= 0.6 is 11.3 Å². The topological polar surface area (TPSA) is 81.4 Å². The number of hydrogen-bond acceptors (Lipinski definition) is 6. The Morgan fingerprint density at radius 3 is 3.00 bits per heavy atom. The second kappa shape index (κ2) is 6.82. The lowest BCUT2D eigenvalue weighted by atomic mass is 10.3. The number of aromatic nitrogens is 2. The third kappa shape index (κ3) is 3.68. The molecule has 0 amide bonds. The van der Waals surface area contributed by atoms with E-state index in [1.165, 1.54) is 29.2 Å². The van der Waals surface area contributed by atoms with Crippen LogP contribution in [0, 0.1) is 0 Å². The number of nitrogens with zero attached hydrogens (tertiary/aromatic N) is 2. The summed E-state index contributed by atoms with van der Waals surface area (Å²) in [7, 11) is 0. The van der Waals surface area contributed by atoms with Gasteiger partial charge in [-0.05, 0) is 25.8 Å². The summed E-state index contributed by atoms with van der Waals surface area (Å²) >= 11 is 1.53. The molecule has 2 aromatic heterocycles. The van der Waals surface area contributed by atoms with Crippen LogP contribution in [0.3, 0.4) is 0 Å². The van der Waals surface area contributed by atoms with Crippen molar-refractivity contribution in [3.8, 4) is 0 Å². The number of aliphatic hydroxyl groups excluding tert-OH is 1. The number of ether oxygens (including phenoxy) is 1. The second-order valence-corrected chi connectivity index (χ2v) is 5.84. The molecule has 0 radical (unpaired) electrons. The normalized spacial score (nSPS) is 12.5. The highest BCUT2D eigenvalue weighted by atomic mass is 32.1. The Kier molecular flexibility index (Phi) is 5.08. The number of rotatable bonds is 6. The van der Waals surface area contributed by atoms with Gasteiger partial charge in [-0.25, -0.2) is 9.78 Å². The number of fused-ring (bicyclic) bond motifs is 1. The van der Waals surface area contributed by atoms with Gasteiger partial charge in [-0.3, -0.25) is 9.36 Å². The summed E-state index contributed by atoms with van der Waals surface area (Å²) in [6.45, 7) is 3.98. The van der Waals surface area contributed by atoms with Gasteiger partial charge in [-0.1, -0.05) is 6.92 Å². The van der Waals surface area contributed by atoms with Crippen LogP contribution in [-0.4, -0.2) is 33.3 Å². The Hall–Kier alpha value is -1.73. The van der Waals surface area contributed by atoms with Crippen LogP contribution in [0.4, 0.5) is 0 Å². The molecule has 21 heavy (non-hydrogen) atoms. The number of carbonyl (C=O) groups excluding carboxylic acids is 1. The van der Waals surface area contributed by atoms with Crippen molar-refractivity contribution in [1.29, 1.82) is 0 Å². The number of aryl methyl sites for hydroxylation is 2. The highest BCUT2D eigenvalue weighted by Crippen LogP contribution is 2.20. The molecule has 0 fully saturated rings. The quantitative estimate of drug-likeness (QED) is 0.643. The van der Waals surface area contributed by atoms with Gasteiger partial charge in [0.25, 0.3) is 5.56 Å². The molecule has 0 aliphatic carbocycles. The number of hydrogen-bond donors (Lipinski definition) is 1. The monoisotopic (exact) mass is 310 g/mol. The Labute approximate surface area is 126 Å². The number of thiophene rings is 1. The van der Waals surface area contributed by atoms with Crippen LogP contribution in [0.15, 0.2) is 17.2 Å². The van der Waals surface area contributed by atoms with Gasteiger partial charge in [0.05, 0.1) is 18.3 Å². The average molecular weight is 310 g/mol. The maximum atomic E-state index is 12.3. The largest absolute Gasteiger partial charge is 0.464 e. The predicted molar refractivity (Wildman–Crippen MR) is 80.5 cm³/mol. The molecule has 2 rings (SSSR count). The number of carbonyl (C=O) groups is 1. The van der Waals surface area contributed by atoms with Gasteiger partial charge < -0.3 is 9.84 Å². The lowest BCUT2D eigenvalue weighted by Gasteiger charge is -2.07. The van der Waals surface area contributed by atoms with Gasteiger partial charge in [0.2, 0.25) is 0 Å². The first-order chi connectivity index (χ1) is 10.0. The number of aliphatic hydroxyl groups is 1. The fourth-order valence-corrected chi connectivity index (χ4v) is 2.80. The molecule has 0 saturated carbocycles. The van der Waals surface area contributed by atoms with Crippen LogP contribution in [-0.2, 0) is 22.5 Å². The molecule has 2 aromatic rings. The standard InChI is InChI=1S/C14H18N2O4S/c1-3-10-7-11-12(21-10)15-8-16(13(11)18)5-4-6-20-14(19)9(2)17/h7-9,17H,3-6H2,1-2H3. The van der Waals surface area contributed by atoms with Gasteiger partial charge in [0.15, 0.2) is 0 Å². The smallest absolute Gasteiger partial charge is 0.334 e. The fourth-order valence-electron chi connectivity index (χ4n) is 1.87. The number of esters is 1. The maximum absolute atomic E-state index is 12.3. The van der Waals surface area contributed by atoms with E-state index in [-0.39, 0.29) is 12.2 Å². The third-order valence-corrected chi connectivity index (χ3v) is 4.23. The van der Waals surface area contributed by atoms with Crippen molar-refractivity contribution in [2.75, 3.05) is 6.61 Å². The first-order valence-corrected chi connectivity index (χ1v) is 7.67. The highest BCUT2D eigenvalue weighted by molar-refractivity contribution is 7.18. The summed E-state index contributed by atoms with van der Waals surface area (Å²) in [6, 6.07) is 1.89. The third-order valence-electron chi connectivity index (χ3n) is 3.05. The van der Waals surface area contributed by atoms with E-state index in [1.54, 1.807) is 0 Å². The summed E-state index contributed by atoms with van der Waals surface area (Å²) in [5, 5.41) is 9.63. The predicted octanol–water partition coefficient (Wildman–Crippen LogP) is 1.33. The SMILES string of the molecule is CCc1cc2c(=O)n(CCCOC(=O)C(C)O)cnc2s1. The Morgan fingerprint density at radius 1 is 1.57 bits per heavy atom. The van der Waals surface area contributed by atoms with E-state index < -0.39 is 12.1 Å².